The molecule has 0 aromatic carbocycles. The van der Waals surface area contributed by atoms with Crippen LogP contribution in [0.3, 0.4) is 0 Å². The first-order valence-corrected chi connectivity index (χ1v) is 26.3. The van der Waals surface area contributed by atoms with E-state index in [-0.39, 0.29) is 6.61 Å². The van der Waals surface area contributed by atoms with Crippen molar-refractivity contribution in [2.45, 2.75) is 237 Å². The summed E-state index contributed by atoms with van der Waals surface area (Å²) in [6.45, 7) is 4.79. The highest BCUT2D eigenvalue weighted by atomic mass is 16.7. The molecule has 10 unspecified atom stereocenters. The Labute approximate surface area is 371 Å². The van der Waals surface area contributed by atoms with Crippen LogP contribution in [0.15, 0.2) is 21.9 Å². The van der Waals surface area contributed by atoms with Crippen LogP contribution in [-0.2, 0) is 14.3 Å². The minimum atomic E-state index is -0.978. The van der Waals surface area contributed by atoms with Gasteiger partial charge in [0, 0.05) is 32.5 Å². The maximum Gasteiger partial charge on any atom is 0.330 e. The number of methoxy groups -OCH3 is 1. The van der Waals surface area contributed by atoms with Crippen molar-refractivity contribution in [2.24, 2.45) is 47.3 Å². The lowest BCUT2D eigenvalue weighted by atomic mass is 9.99. The van der Waals surface area contributed by atoms with Gasteiger partial charge in [-0.2, -0.15) is 5.06 Å². The third-order valence-electron chi connectivity index (χ3n) is 16.2. The molecule has 1 saturated heterocycles. The number of hydrogen-bond donors (Lipinski definition) is 2. The molecule has 1 aromatic heterocycles. The SMILES string of the molecule is CCCCCC1CC1CC1CC1CCCCCCCCC(CCCCCCCCC1CC1CC1CC1CCCCC)N(C)OC[C@H]1O[C@@H](n2ccc(=O)[nH]c2=O)C(OC)C1O. The lowest BCUT2D eigenvalue weighted by Crippen LogP contribution is -2.40. The van der Waals surface area contributed by atoms with Crippen molar-refractivity contribution in [1.29, 1.82) is 0 Å². The third kappa shape index (κ3) is 16.5. The normalized spacial score (nSPS) is 31.8. The van der Waals surface area contributed by atoms with Crippen LogP contribution in [0.5, 0.6) is 0 Å². The summed E-state index contributed by atoms with van der Waals surface area (Å²) in [6.07, 6.45) is 39.9. The number of aromatic amines is 1. The summed E-state index contributed by atoms with van der Waals surface area (Å²) in [5.74, 6) is 8.54. The highest BCUT2D eigenvalue weighted by Crippen LogP contribution is 2.55. The second kappa shape index (κ2) is 25.8. The van der Waals surface area contributed by atoms with Gasteiger partial charge in [0.25, 0.3) is 5.56 Å². The predicted octanol–water partition coefficient (Wildman–Crippen LogP) is 11.8. The number of aliphatic hydroxyl groups excluding tert-OH is 1. The molecule has 9 heteroatoms. The molecule has 0 radical (unpaired) electrons. The molecule has 9 nitrogen and oxygen atoms in total. The Kier molecular flexibility index (Phi) is 20.7. The van der Waals surface area contributed by atoms with Gasteiger partial charge in [0.1, 0.15) is 18.3 Å². The highest BCUT2D eigenvalue weighted by Gasteiger charge is 2.47. The Morgan fingerprint density at radius 3 is 1.57 bits per heavy atom. The number of hydroxylamine groups is 2. The molecule has 2 heterocycles. The minimum Gasteiger partial charge on any atom is -0.387 e. The summed E-state index contributed by atoms with van der Waals surface area (Å²) in [6, 6.07) is 1.58. The van der Waals surface area contributed by atoms with Crippen molar-refractivity contribution < 1.29 is 19.4 Å². The van der Waals surface area contributed by atoms with Crippen LogP contribution in [0.1, 0.15) is 213 Å². The van der Waals surface area contributed by atoms with Crippen LogP contribution in [-0.4, -0.2) is 64.8 Å². The fourth-order valence-corrected chi connectivity index (χ4v) is 11.7. The molecule has 1 aliphatic heterocycles. The van der Waals surface area contributed by atoms with Gasteiger partial charge in [-0.25, -0.2) is 4.79 Å². The molecule has 6 rings (SSSR count). The Morgan fingerprint density at radius 1 is 0.689 bits per heavy atom. The van der Waals surface area contributed by atoms with E-state index in [9.17, 15) is 14.7 Å². The van der Waals surface area contributed by atoms with Crippen molar-refractivity contribution in [1.82, 2.24) is 14.6 Å². The molecule has 4 aliphatic carbocycles. The highest BCUT2D eigenvalue weighted by molar-refractivity contribution is 4.97. The lowest BCUT2D eigenvalue weighted by Gasteiger charge is -2.29. The molecule has 1 aromatic rings. The van der Waals surface area contributed by atoms with Crippen LogP contribution < -0.4 is 11.2 Å². The molecule has 2 N–H and O–H groups in total. The largest absolute Gasteiger partial charge is 0.387 e. The summed E-state index contributed by atoms with van der Waals surface area (Å²) in [5, 5.41) is 13.1. The first-order chi connectivity index (χ1) is 29.8. The van der Waals surface area contributed by atoms with Crippen molar-refractivity contribution in [3.63, 3.8) is 0 Å². The number of unbranched alkanes of at least 4 members (excludes halogenated alkanes) is 14. The molecule has 350 valence electrons. The average Bonchev–Trinajstić information content (AvgIpc) is 4.12. The van der Waals surface area contributed by atoms with E-state index in [1.807, 2.05) is 12.1 Å². The topological polar surface area (TPSA) is 106 Å². The zero-order valence-electron chi connectivity index (χ0n) is 39.5. The van der Waals surface area contributed by atoms with Gasteiger partial charge in [-0.3, -0.25) is 19.2 Å². The molecule has 12 atom stereocenters. The standard InChI is InChI=1S/C52H91N3O6/c1-5-7-17-23-38-31-42(38)35-44-33-40(44)25-19-13-9-11-15-21-27-46(28-22-16-12-10-14-20-26-41-34-45(41)36-43-32-39(43)24-18-8-6-2)54(3)60-37-47-49(57)50(59-4)51(61-47)55-30-29-48(56)53-52(55)58/h29-30,38-47,49-51,57H,5-28,31-37H2,1-4H3,(H,53,56,58)/t38?,39?,40?,41?,42?,43?,44?,45?,46?,47-,49?,50?,51-/m1/s1. The maximum absolute atomic E-state index is 12.5. The quantitative estimate of drug-likeness (QED) is 0.0511. The monoisotopic (exact) mass is 854 g/mol. The summed E-state index contributed by atoms with van der Waals surface area (Å²) in [5.41, 5.74) is -1.07. The van der Waals surface area contributed by atoms with E-state index in [0.717, 1.165) is 60.2 Å². The Bertz CT molecular complexity index is 1430. The second-order valence-electron chi connectivity index (χ2n) is 21.2. The molecule has 0 spiro atoms. The summed E-state index contributed by atoms with van der Waals surface area (Å²) in [4.78, 5) is 32.8. The van der Waals surface area contributed by atoms with Gasteiger partial charge in [-0.15, -0.1) is 0 Å². The molecule has 5 fully saturated rings. The van der Waals surface area contributed by atoms with E-state index in [2.05, 4.69) is 18.8 Å². The van der Waals surface area contributed by atoms with E-state index in [4.69, 9.17) is 14.3 Å². The summed E-state index contributed by atoms with van der Waals surface area (Å²) < 4.78 is 13.0. The number of aromatic nitrogens is 2. The van der Waals surface area contributed by atoms with Gasteiger partial charge in [0.05, 0.1) is 6.61 Å². The van der Waals surface area contributed by atoms with Crippen molar-refractivity contribution in [3.8, 4) is 0 Å². The zero-order chi connectivity index (χ0) is 43.0. The smallest absolute Gasteiger partial charge is 0.330 e. The number of H-pyrrole nitrogens is 1. The number of nitrogens with one attached hydrogen (secondary N) is 1. The van der Waals surface area contributed by atoms with E-state index < -0.39 is 35.8 Å². The molecule has 0 bridgehead atoms. The third-order valence-corrected chi connectivity index (χ3v) is 16.2. The number of aliphatic hydroxyl groups is 1. The van der Waals surface area contributed by atoms with Crippen LogP contribution >= 0.6 is 0 Å². The first kappa shape index (κ1) is 48.9. The van der Waals surface area contributed by atoms with Gasteiger partial charge in [-0.1, -0.05) is 155 Å². The Hall–Kier alpha value is -1.52. The first-order valence-electron chi connectivity index (χ1n) is 26.3. The number of rotatable bonds is 36. The number of ether oxygens (including phenoxy) is 2. The minimum absolute atomic E-state index is 0.159. The fraction of sp³-hybridized carbons (Fsp3) is 0.923. The molecule has 4 saturated carbocycles. The van der Waals surface area contributed by atoms with Crippen molar-refractivity contribution in [3.05, 3.63) is 33.1 Å². The lowest BCUT2D eigenvalue weighted by molar-refractivity contribution is -0.202. The Balaban J connectivity index is 0.844. The van der Waals surface area contributed by atoms with Crippen LogP contribution in [0, 0.1) is 47.3 Å². The maximum atomic E-state index is 12.5. The molecular weight excluding hydrogens is 763 g/mol. The van der Waals surface area contributed by atoms with Gasteiger partial charge in [-0.05, 0) is 98.7 Å². The van der Waals surface area contributed by atoms with Crippen LogP contribution in [0.4, 0.5) is 0 Å². The van der Waals surface area contributed by atoms with Gasteiger partial charge in [0.2, 0.25) is 0 Å². The zero-order valence-corrected chi connectivity index (χ0v) is 39.5. The second-order valence-corrected chi connectivity index (χ2v) is 21.2. The molecule has 61 heavy (non-hydrogen) atoms. The number of nitrogens with zero attached hydrogens (tertiary/aromatic N) is 2. The van der Waals surface area contributed by atoms with Crippen molar-refractivity contribution >= 4 is 0 Å². The van der Waals surface area contributed by atoms with Crippen LogP contribution in [0.25, 0.3) is 0 Å². The van der Waals surface area contributed by atoms with E-state index in [1.165, 1.54) is 191 Å². The molecular formula is C52H91N3O6. The summed E-state index contributed by atoms with van der Waals surface area (Å²) in [7, 11) is 3.53. The fourth-order valence-electron chi connectivity index (χ4n) is 11.7. The Morgan fingerprint density at radius 2 is 1.13 bits per heavy atom. The van der Waals surface area contributed by atoms with E-state index in [1.54, 1.807) is 12.8 Å². The molecule has 0 amide bonds. The average molecular weight is 854 g/mol. The molecule has 5 aliphatic rings. The van der Waals surface area contributed by atoms with Gasteiger partial charge in [0.15, 0.2) is 6.23 Å². The number of hydrogen-bond acceptors (Lipinski definition) is 7. The van der Waals surface area contributed by atoms with E-state index >= 15 is 0 Å². The van der Waals surface area contributed by atoms with Gasteiger partial charge < -0.3 is 14.6 Å². The van der Waals surface area contributed by atoms with Crippen molar-refractivity contribution in [2.75, 3.05) is 20.8 Å². The van der Waals surface area contributed by atoms with E-state index in [0.29, 0.717) is 6.04 Å². The van der Waals surface area contributed by atoms with Gasteiger partial charge >= 0.3 is 5.69 Å². The summed E-state index contributed by atoms with van der Waals surface area (Å²) >= 11 is 0. The van der Waals surface area contributed by atoms with Crippen LogP contribution in [0.2, 0.25) is 0 Å². The predicted molar refractivity (Wildman–Crippen MR) is 247 cm³/mol.